The molecule has 1 aliphatic heterocycles. The molecule has 2 heterocycles. The van der Waals surface area contributed by atoms with Crippen LogP contribution in [-0.4, -0.2) is 33.9 Å². The molecule has 0 radical (unpaired) electrons. The first-order chi connectivity index (χ1) is 9.22. The van der Waals surface area contributed by atoms with E-state index >= 15 is 0 Å². The number of ketones is 1. The van der Waals surface area contributed by atoms with Gasteiger partial charge in [-0.2, -0.15) is 0 Å². The molecule has 5 heteroatoms. The lowest BCUT2D eigenvalue weighted by Crippen LogP contribution is -2.43. The molecule has 3 rings (SSSR count). The number of carbonyl (C=O) groups is 1. The highest BCUT2D eigenvalue weighted by Gasteiger charge is 2.21. The molecule has 1 aliphatic rings. The molecular formula is C14H16N4O. The van der Waals surface area contributed by atoms with E-state index in [-0.39, 0.29) is 5.78 Å². The van der Waals surface area contributed by atoms with Crippen molar-refractivity contribution in [2.24, 2.45) is 0 Å². The Morgan fingerprint density at radius 2 is 2.32 bits per heavy atom. The van der Waals surface area contributed by atoms with Gasteiger partial charge in [-0.05, 0) is 12.5 Å². The lowest BCUT2D eigenvalue weighted by molar-refractivity contribution is 0.0988. The van der Waals surface area contributed by atoms with Crippen LogP contribution < -0.4 is 5.32 Å². The molecule has 0 bridgehead atoms. The van der Waals surface area contributed by atoms with E-state index in [0.29, 0.717) is 18.2 Å². The maximum absolute atomic E-state index is 12.1. The maximum Gasteiger partial charge on any atom is 0.189 e. The Morgan fingerprint density at radius 1 is 1.47 bits per heavy atom. The van der Waals surface area contributed by atoms with Crippen molar-refractivity contribution in [3.63, 3.8) is 0 Å². The summed E-state index contributed by atoms with van der Waals surface area (Å²) in [5, 5.41) is 11.2. The van der Waals surface area contributed by atoms with Crippen LogP contribution >= 0.6 is 0 Å². The van der Waals surface area contributed by atoms with Crippen molar-refractivity contribution in [1.82, 2.24) is 20.3 Å². The summed E-state index contributed by atoms with van der Waals surface area (Å²) in [4.78, 5) is 12.1. The highest BCUT2D eigenvalue weighted by atomic mass is 16.1. The van der Waals surface area contributed by atoms with Gasteiger partial charge in [0.2, 0.25) is 0 Å². The summed E-state index contributed by atoms with van der Waals surface area (Å²) in [6, 6.07) is 8.32. The number of nitrogens with zero attached hydrogens (tertiary/aromatic N) is 3. The fraction of sp³-hybridized carbons (Fsp3) is 0.357. The number of hydrogen-bond donors (Lipinski definition) is 1. The minimum atomic E-state index is 0.0177. The van der Waals surface area contributed by atoms with Gasteiger partial charge in [-0.3, -0.25) is 4.79 Å². The fourth-order valence-electron chi connectivity index (χ4n) is 2.14. The summed E-state index contributed by atoms with van der Waals surface area (Å²) >= 11 is 0. The standard InChI is InChI=1S/C14H16N4O/c1-10-3-2-4-11(5-10)6-14(19)13-9-18(17-16-13)12-7-15-8-12/h2-5,9,12,15H,6-8H2,1H3. The predicted molar refractivity (Wildman–Crippen MR) is 71.1 cm³/mol. The second-order valence-electron chi connectivity index (χ2n) is 4.98. The lowest BCUT2D eigenvalue weighted by atomic mass is 10.1. The third kappa shape index (κ3) is 2.56. The third-order valence-corrected chi connectivity index (χ3v) is 3.38. The number of hydrogen-bond acceptors (Lipinski definition) is 4. The van der Waals surface area contributed by atoms with Crippen LogP contribution in [0.3, 0.4) is 0 Å². The zero-order chi connectivity index (χ0) is 13.2. The molecule has 1 saturated heterocycles. The minimum Gasteiger partial charge on any atom is -0.312 e. The van der Waals surface area contributed by atoms with E-state index in [1.54, 1.807) is 10.9 Å². The van der Waals surface area contributed by atoms with Gasteiger partial charge in [0, 0.05) is 19.5 Å². The Kier molecular flexibility index (Phi) is 3.13. The average Bonchev–Trinajstić information content (AvgIpc) is 2.76. The second-order valence-corrected chi connectivity index (χ2v) is 4.98. The molecule has 0 unspecified atom stereocenters. The molecule has 98 valence electrons. The molecule has 1 N–H and O–H groups in total. The Labute approximate surface area is 111 Å². The van der Waals surface area contributed by atoms with Gasteiger partial charge in [-0.1, -0.05) is 35.0 Å². The number of Topliss-reactive ketones (excluding diaryl/α,β-unsaturated/α-hetero) is 1. The van der Waals surface area contributed by atoms with Crippen molar-refractivity contribution < 1.29 is 4.79 Å². The molecule has 0 spiro atoms. The number of benzene rings is 1. The van der Waals surface area contributed by atoms with Crippen LogP contribution in [0.25, 0.3) is 0 Å². The lowest BCUT2D eigenvalue weighted by Gasteiger charge is -2.26. The van der Waals surface area contributed by atoms with E-state index in [1.165, 1.54) is 0 Å². The van der Waals surface area contributed by atoms with Gasteiger partial charge in [0.25, 0.3) is 0 Å². The number of rotatable bonds is 4. The van der Waals surface area contributed by atoms with Gasteiger partial charge in [0.05, 0.1) is 12.2 Å². The van der Waals surface area contributed by atoms with Crippen LogP contribution in [0, 0.1) is 6.92 Å². The molecule has 2 aromatic rings. The molecule has 0 aliphatic carbocycles. The first-order valence-corrected chi connectivity index (χ1v) is 6.43. The minimum absolute atomic E-state index is 0.0177. The van der Waals surface area contributed by atoms with Crippen LogP contribution in [0.2, 0.25) is 0 Å². The van der Waals surface area contributed by atoms with E-state index < -0.39 is 0 Å². The average molecular weight is 256 g/mol. The van der Waals surface area contributed by atoms with E-state index in [1.807, 2.05) is 31.2 Å². The normalized spacial score (nSPS) is 15.2. The van der Waals surface area contributed by atoms with Crippen LogP contribution in [0.4, 0.5) is 0 Å². The van der Waals surface area contributed by atoms with Gasteiger partial charge in [-0.15, -0.1) is 5.10 Å². The highest BCUT2D eigenvalue weighted by Crippen LogP contribution is 2.12. The maximum atomic E-state index is 12.1. The number of aromatic nitrogens is 3. The summed E-state index contributed by atoms with van der Waals surface area (Å²) in [6.07, 6.45) is 2.13. The van der Waals surface area contributed by atoms with E-state index in [2.05, 4.69) is 15.6 Å². The molecule has 1 fully saturated rings. The molecule has 5 nitrogen and oxygen atoms in total. The smallest absolute Gasteiger partial charge is 0.189 e. The quantitative estimate of drug-likeness (QED) is 0.834. The Balaban J connectivity index is 1.71. The van der Waals surface area contributed by atoms with Crippen molar-refractivity contribution in [3.8, 4) is 0 Å². The van der Waals surface area contributed by atoms with Crippen LogP contribution in [0.1, 0.15) is 27.7 Å². The Bertz CT molecular complexity index is 601. The van der Waals surface area contributed by atoms with Crippen molar-refractivity contribution in [2.45, 2.75) is 19.4 Å². The molecule has 0 amide bonds. The van der Waals surface area contributed by atoms with Crippen molar-refractivity contribution in [2.75, 3.05) is 13.1 Å². The molecule has 19 heavy (non-hydrogen) atoms. The zero-order valence-electron chi connectivity index (χ0n) is 10.8. The van der Waals surface area contributed by atoms with Gasteiger partial charge < -0.3 is 5.32 Å². The Hall–Kier alpha value is -2.01. The van der Waals surface area contributed by atoms with Crippen LogP contribution in [-0.2, 0) is 6.42 Å². The first kappa shape index (κ1) is 12.0. The third-order valence-electron chi connectivity index (χ3n) is 3.38. The van der Waals surface area contributed by atoms with Crippen LogP contribution in [0.15, 0.2) is 30.5 Å². The molecular weight excluding hydrogens is 240 g/mol. The van der Waals surface area contributed by atoms with Crippen molar-refractivity contribution in [3.05, 3.63) is 47.3 Å². The molecule has 0 atom stereocenters. The summed E-state index contributed by atoms with van der Waals surface area (Å²) in [5.41, 5.74) is 2.63. The van der Waals surface area contributed by atoms with Crippen LogP contribution in [0.5, 0.6) is 0 Å². The number of nitrogens with one attached hydrogen (secondary N) is 1. The summed E-state index contributed by atoms with van der Waals surface area (Å²) < 4.78 is 1.78. The topological polar surface area (TPSA) is 59.8 Å². The molecule has 0 saturated carbocycles. The molecule has 1 aromatic heterocycles. The molecule has 1 aromatic carbocycles. The first-order valence-electron chi connectivity index (χ1n) is 6.43. The zero-order valence-corrected chi connectivity index (χ0v) is 10.8. The fourth-order valence-corrected chi connectivity index (χ4v) is 2.14. The Morgan fingerprint density at radius 3 is 3.00 bits per heavy atom. The van der Waals surface area contributed by atoms with E-state index in [4.69, 9.17) is 0 Å². The second kappa shape index (κ2) is 4.93. The highest BCUT2D eigenvalue weighted by molar-refractivity contribution is 5.95. The number of carbonyl (C=O) groups excluding carboxylic acids is 1. The van der Waals surface area contributed by atoms with E-state index in [0.717, 1.165) is 24.2 Å². The summed E-state index contributed by atoms with van der Waals surface area (Å²) in [6.45, 7) is 3.82. The van der Waals surface area contributed by atoms with Gasteiger partial charge in [-0.25, -0.2) is 4.68 Å². The predicted octanol–water partition coefficient (Wildman–Crippen LogP) is 1.16. The SMILES string of the molecule is Cc1cccc(CC(=O)c2cn(C3CNC3)nn2)c1. The summed E-state index contributed by atoms with van der Waals surface area (Å²) in [5.74, 6) is 0.0177. The largest absolute Gasteiger partial charge is 0.312 e. The van der Waals surface area contributed by atoms with Gasteiger partial charge in [0.1, 0.15) is 5.69 Å². The van der Waals surface area contributed by atoms with Crippen molar-refractivity contribution >= 4 is 5.78 Å². The van der Waals surface area contributed by atoms with Crippen molar-refractivity contribution in [1.29, 1.82) is 0 Å². The van der Waals surface area contributed by atoms with Gasteiger partial charge >= 0.3 is 0 Å². The van der Waals surface area contributed by atoms with Gasteiger partial charge in [0.15, 0.2) is 5.78 Å². The number of aryl methyl sites for hydroxylation is 1. The monoisotopic (exact) mass is 256 g/mol. The summed E-state index contributed by atoms with van der Waals surface area (Å²) in [7, 11) is 0. The van der Waals surface area contributed by atoms with E-state index in [9.17, 15) is 4.79 Å².